The highest BCUT2D eigenvalue weighted by atomic mass is 16.5. The maximum Gasteiger partial charge on any atom is 0.173 e. The molecule has 0 atom stereocenters. The van der Waals surface area contributed by atoms with E-state index >= 15 is 0 Å². The van der Waals surface area contributed by atoms with Gasteiger partial charge in [-0.15, -0.1) is 0 Å². The minimum atomic E-state index is 0.0383. The van der Waals surface area contributed by atoms with Crippen LogP contribution in [0.15, 0.2) is 29.4 Å². The predicted molar refractivity (Wildman–Crippen MR) is 74.7 cm³/mol. The van der Waals surface area contributed by atoms with Gasteiger partial charge in [0.1, 0.15) is 12.4 Å². The van der Waals surface area contributed by atoms with Crippen molar-refractivity contribution in [3.05, 3.63) is 29.8 Å². The second-order valence-electron chi connectivity index (χ2n) is 4.62. The fourth-order valence-corrected chi connectivity index (χ4v) is 1.49. The zero-order chi connectivity index (χ0) is 14.1. The highest BCUT2D eigenvalue weighted by molar-refractivity contribution is 5.99. The van der Waals surface area contributed by atoms with Crippen molar-refractivity contribution >= 4 is 5.84 Å². The monoisotopic (exact) mass is 266 g/mol. The van der Waals surface area contributed by atoms with Crippen LogP contribution < -0.4 is 10.5 Å². The Kier molecular flexibility index (Phi) is 6.74. The van der Waals surface area contributed by atoms with Crippen LogP contribution in [0.5, 0.6) is 5.75 Å². The Labute approximate surface area is 114 Å². The topological polar surface area (TPSA) is 77.1 Å². The molecule has 1 aromatic rings. The van der Waals surface area contributed by atoms with Gasteiger partial charge in [-0.3, -0.25) is 0 Å². The SMILES string of the molecule is CC(C)CCOCCOc1ccccc1/C(N)=N/O. The van der Waals surface area contributed by atoms with E-state index in [4.69, 9.17) is 20.4 Å². The van der Waals surface area contributed by atoms with Crippen LogP contribution in [0.3, 0.4) is 0 Å². The van der Waals surface area contributed by atoms with Gasteiger partial charge in [-0.05, 0) is 24.5 Å². The molecular weight excluding hydrogens is 244 g/mol. The Bertz CT molecular complexity index is 405. The zero-order valence-electron chi connectivity index (χ0n) is 11.5. The molecule has 3 N–H and O–H groups in total. The molecule has 0 aliphatic carbocycles. The largest absolute Gasteiger partial charge is 0.490 e. The van der Waals surface area contributed by atoms with E-state index in [1.807, 2.05) is 6.07 Å². The first-order valence-electron chi connectivity index (χ1n) is 6.42. The quantitative estimate of drug-likeness (QED) is 0.249. The van der Waals surface area contributed by atoms with E-state index in [0.29, 0.717) is 30.4 Å². The van der Waals surface area contributed by atoms with E-state index in [1.165, 1.54) is 0 Å². The van der Waals surface area contributed by atoms with E-state index in [1.54, 1.807) is 18.2 Å². The third kappa shape index (κ3) is 5.61. The zero-order valence-corrected chi connectivity index (χ0v) is 11.5. The molecule has 0 bridgehead atoms. The van der Waals surface area contributed by atoms with Gasteiger partial charge in [0.15, 0.2) is 5.84 Å². The normalized spacial score (nSPS) is 11.8. The summed E-state index contributed by atoms with van der Waals surface area (Å²) in [4.78, 5) is 0. The first-order chi connectivity index (χ1) is 9.15. The summed E-state index contributed by atoms with van der Waals surface area (Å²) >= 11 is 0. The number of benzene rings is 1. The summed E-state index contributed by atoms with van der Waals surface area (Å²) in [5.41, 5.74) is 6.15. The van der Waals surface area contributed by atoms with E-state index in [0.717, 1.165) is 13.0 Å². The minimum absolute atomic E-state index is 0.0383. The lowest BCUT2D eigenvalue weighted by atomic mass is 10.1. The molecule has 5 nitrogen and oxygen atoms in total. The van der Waals surface area contributed by atoms with Gasteiger partial charge in [0.05, 0.1) is 12.2 Å². The predicted octanol–water partition coefficient (Wildman–Crippen LogP) is 2.22. The van der Waals surface area contributed by atoms with Crippen LogP contribution in [0.25, 0.3) is 0 Å². The highest BCUT2D eigenvalue weighted by Gasteiger charge is 2.07. The smallest absolute Gasteiger partial charge is 0.173 e. The molecular formula is C14H22N2O3. The third-order valence-electron chi connectivity index (χ3n) is 2.60. The lowest BCUT2D eigenvalue weighted by Crippen LogP contribution is -2.16. The number of hydrogen-bond donors (Lipinski definition) is 2. The summed E-state index contributed by atoms with van der Waals surface area (Å²) in [5.74, 6) is 1.27. The molecule has 0 heterocycles. The Morgan fingerprint density at radius 2 is 2.00 bits per heavy atom. The van der Waals surface area contributed by atoms with E-state index in [2.05, 4.69) is 19.0 Å². The molecule has 0 spiro atoms. The van der Waals surface area contributed by atoms with Crippen LogP contribution in [0.2, 0.25) is 0 Å². The molecule has 5 heteroatoms. The maximum atomic E-state index is 8.69. The van der Waals surface area contributed by atoms with Crippen LogP contribution in [0.1, 0.15) is 25.8 Å². The molecule has 0 unspecified atom stereocenters. The summed E-state index contributed by atoms with van der Waals surface area (Å²) in [6.45, 7) is 6.02. The van der Waals surface area contributed by atoms with Crippen molar-refractivity contribution < 1.29 is 14.7 Å². The number of para-hydroxylation sites is 1. The van der Waals surface area contributed by atoms with Gasteiger partial charge in [-0.25, -0.2) is 0 Å². The molecule has 0 saturated heterocycles. The van der Waals surface area contributed by atoms with Crippen LogP contribution in [0.4, 0.5) is 0 Å². The van der Waals surface area contributed by atoms with Crippen LogP contribution in [-0.4, -0.2) is 30.9 Å². The molecule has 0 radical (unpaired) electrons. The molecule has 1 rings (SSSR count). The number of ether oxygens (including phenoxy) is 2. The minimum Gasteiger partial charge on any atom is -0.490 e. The lowest BCUT2D eigenvalue weighted by molar-refractivity contribution is 0.0925. The number of rotatable bonds is 8. The summed E-state index contributed by atoms with van der Waals surface area (Å²) < 4.78 is 11.0. The van der Waals surface area contributed by atoms with Crippen molar-refractivity contribution in [1.82, 2.24) is 0 Å². The second kappa shape index (κ2) is 8.37. The number of nitrogens with zero attached hydrogens (tertiary/aromatic N) is 1. The molecule has 0 aromatic heterocycles. The van der Waals surface area contributed by atoms with Crippen LogP contribution in [-0.2, 0) is 4.74 Å². The van der Waals surface area contributed by atoms with E-state index in [9.17, 15) is 0 Å². The molecule has 0 aliphatic rings. The first-order valence-corrected chi connectivity index (χ1v) is 6.42. The number of nitrogens with two attached hydrogens (primary N) is 1. The molecule has 0 fully saturated rings. The molecule has 0 saturated carbocycles. The van der Waals surface area contributed by atoms with Crippen LogP contribution >= 0.6 is 0 Å². The Morgan fingerprint density at radius 3 is 2.68 bits per heavy atom. The number of oxime groups is 1. The van der Waals surface area contributed by atoms with Gasteiger partial charge in [-0.2, -0.15) is 0 Å². The first kappa shape index (κ1) is 15.3. The molecule has 0 amide bonds. The molecule has 106 valence electrons. The molecule has 1 aromatic carbocycles. The van der Waals surface area contributed by atoms with Gasteiger partial charge in [-0.1, -0.05) is 31.1 Å². The molecule has 0 aliphatic heterocycles. The number of amidine groups is 1. The Morgan fingerprint density at radius 1 is 1.26 bits per heavy atom. The fraction of sp³-hybridized carbons (Fsp3) is 0.500. The fourth-order valence-electron chi connectivity index (χ4n) is 1.49. The summed E-state index contributed by atoms with van der Waals surface area (Å²) in [5, 5.41) is 11.7. The van der Waals surface area contributed by atoms with Gasteiger partial charge in [0.2, 0.25) is 0 Å². The van der Waals surface area contributed by atoms with E-state index < -0.39 is 0 Å². The van der Waals surface area contributed by atoms with Crippen molar-refractivity contribution in [2.24, 2.45) is 16.8 Å². The van der Waals surface area contributed by atoms with Gasteiger partial charge in [0.25, 0.3) is 0 Å². The molecule has 19 heavy (non-hydrogen) atoms. The van der Waals surface area contributed by atoms with Gasteiger partial charge in [0, 0.05) is 6.61 Å². The Balaban J connectivity index is 2.37. The van der Waals surface area contributed by atoms with Gasteiger partial charge >= 0.3 is 0 Å². The average Bonchev–Trinajstić information content (AvgIpc) is 2.42. The Hall–Kier alpha value is -1.75. The third-order valence-corrected chi connectivity index (χ3v) is 2.60. The standard InChI is InChI=1S/C14H22N2O3/c1-11(2)7-8-18-9-10-19-13-6-4-3-5-12(13)14(15)16-17/h3-6,11,17H,7-10H2,1-2H3,(H2,15,16). The average molecular weight is 266 g/mol. The maximum absolute atomic E-state index is 8.69. The van der Waals surface area contributed by atoms with Gasteiger partial charge < -0.3 is 20.4 Å². The van der Waals surface area contributed by atoms with Crippen LogP contribution in [0, 0.1) is 5.92 Å². The van der Waals surface area contributed by atoms with E-state index in [-0.39, 0.29) is 5.84 Å². The van der Waals surface area contributed by atoms with Crippen molar-refractivity contribution in [3.63, 3.8) is 0 Å². The summed E-state index contributed by atoms with van der Waals surface area (Å²) in [6, 6.07) is 7.16. The number of hydrogen-bond acceptors (Lipinski definition) is 4. The highest BCUT2D eigenvalue weighted by Crippen LogP contribution is 2.17. The van der Waals surface area contributed by atoms with Crippen molar-refractivity contribution in [2.45, 2.75) is 20.3 Å². The lowest BCUT2D eigenvalue weighted by Gasteiger charge is -2.11. The summed E-state index contributed by atoms with van der Waals surface area (Å²) in [6.07, 6.45) is 1.04. The van der Waals surface area contributed by atoms with Crippen molar-refractivity contribution in [2.75, 3.05) is 19.8 Å². The second-order valence-corrected chi connectivity index (χ2v) is 4.62. The summed E-state index contributed by atoms with van der Waals surface area (Å²) in [7, 11) is 0. The van der Waals surface area contributed by atoms with Crippen molar-refractivity contribution in [3.8, 4) is 5.75 Å². The van der Waals surface area contributed by atoms with Crippen molar-refractivity contribution in [1.29, 1.82) is 0 Å².